The van der Waals surface area contributed by atoms with Crippen LogP contribution >= 0.6 is 0 Å². The zero-order valence-electron chi connectivity index (χ0n) is 6.79. The van der Waals surface area contributed by atoms with Crippen LogP contribution in [0.25, 0.3) is 0 Å². The zero-order chi connectivity index (χ0) is 10.2. The van der Waals surface area contributed by atoms with Gasteiger partial charge in [-0.25, -0.2) is 4.79 Å². The molecule has 0 aromatic rings. The molecular formula is C7H12O6. The van der Waals surface area contributed by atoms with E-state index in [0.717, 1.165) is 0 Å². The van der Waals surface area contributed by atoms with Crippen molar-refractivity contribution in [3.63, 3.8) is 0 Å². The molecule has 6 heteroatoms. The number of carboxylic acids is 1. The third kappa shape index (κ3) is 1.42. The van der Waals surface area contributed by atoms with E-state index in [2.05, 4.69) is 0 Å². The van der Waals surface area contributed by atoms with Gasteiger partial charge in [-0.2, -0.15) is 0 Å². The maximum absolute atomic E-state index is 10.5. The lowest BCUT2D eigenvalue weighted by Crippen LogP contribution is -2.48. The maximum atomic E-state index is 10.5. The molecule has 0 spiro atoms. The van der Waals surface area contributed by atoms with Gasteiger partial charge < -0.3 is 25.5 Å². The molecule has 0 bridgehead atoms. The summed E-state index contributed by atoms with van der Waals surface area (Å²) in [5.74, 6) is -2.38. The summed E-state index contributed by atoms with van der Waals surface area (Å²) in [5, 5.41) is 45.1. The van der Waals surface area contributed by atoms with Gasteiger partial charge in [-0.3, -0.25) is 0 Å². The Hall–Kier alpha value is -0.690. The number of aliphatic hydroxyl groups is 4. The van der Waals surface area contributed by atoms with E-state index in [0.29, 0.717) is 0 Å². The molecule has 0 aromatic heterocycles. The molecule has 5 N–H and O–H groups in total. The van der Waals surface area contributed by atoms with E-state index < -0.39 is 36.3 Å². The number of aliphatic carboxylic acids is 1. The van der Waals surface area contributed by atoms with E-state index in [1.165, 1.54) is 0 Å². The standard InChI is InChI=1S/C7H12O6/c8-2-3-1-7(13,6(11)12)5(10)4(3)9/h3-5,8-10,13H,1-2H2,(H,11,12)/t3-,4-,5+,7-/m1/s1. The third-order valence-electron chi connectivity index (χ3n) is 2.47. The lowest BCUT2D eigenvalue weighted by molar-refractivity contribution is -0.171. The highest BCUT2D eigenvalue weighted by atomic mass is 16.4. The van der Waals surface area contributed by atoms with E-state index >= 15 is 0 Å². The Morgan fingerprint density at radius 2 is 2.00 bits per heavy atom. The van der Waals surface area contributed by atoms with E-state index in [-0.39, 0.29) is 6.42 Å². The quantitative estimate of drug-likeness (QED) is 0.331. The van der Waals surface area contributed by atoms with Gasteiger partial charge in [-0.1, -0.05) is 0 Å². The van der Waals surface area contributed by atoms with Gasteiger partial charge in [0.05, 0.1) is 6.10 Å². The summed E-state index contributed by atoms with van der Waals surface area (Å²) < 4.78 is 0. The van der Waals surface area contributed by atoms with Crippen LogP contribution < -0.4 is 0 Å². The lowest BCUT2D eigenvalue weighted by Gasteiger charge is -2.21. The second kappa shape index (κ2) is 3.22. The Bertz CT molecular complexity index is 217. The minimum atomic E-state index is -2.34. The molecule has 0 aromatic carbocycles. The van der Waals surface area contributed by atoms with Gasteiger partial charge in [0.25, 0.3) is 0 Å². The largest absolute Gasteiger partial charge is 0.479 e. The summed E-state index contributed by atoms with van der Waals surface area (Å²) in [6, 6.07) is 0. The smallest absolute Gasteiger partial charge is 0.338 e. The van der Waals surface area contributed by atoms with Gasteiger partial charge in [-0.05, 0) is 6.42 Å². The van der Waals surface area contributed by atoms with E-state index in [9.17, 15) is 20.1 Å². The molecule has 1 rings (SSSR count). The summed E-state index contributed by atoms with van der Waals surface area (Å²) >= 11 is 0. The summed E-state index contributed by atoms with van der Waals surface area (Å²) in [6.45, 7) is -0.464. The Labute approximate surface area is 74.1 Å². The maximum Gasteiger partial charge on any atom is 0.338 e. The molecule has 6 nitrogen and oxygen atoms in total. The van der Waals surface area contributed by atoms with Crippen LogP contribution in [0.5, 0.6) is 0 Å². The molecule has 0 saturated heterocycles. The van der Waals surface area contributed by atoms with Gasteiger partial charge in [0.1, 0.15) is 6.10 Å². The fraction of sp³-hybridized carbons (Fsp3) is 0.857. The van der Waals surface area contributed by atoms with Gasteiger partial charge >= 0.3 is 5.97 Å². The third-order valence-corrected chi connectivity index (χ3v) is 2.47. The molecule has 1 saturated carbocycles. The first kappa shape index (κ1) is 10.4. The van der Waals surface area contributed by atoms with Crippen LogP contribution in [0, 0.1) is 5.92 Å². The number of carboxylic acid groups (broad SMARTS) is 1. The Morgan fingerprint density at radius 3 is 2.23 bits per heavy atom. The van der Waals surface area contributed by atoms with Crippen molar-refractivity contribution < 1.29 is 30.3 Å². The first-order valence-electron chi connectivity index (χ1n) is 3.86. The van der Waals surface area contributed by atoms with Crippen LogP contribution in [-0.4, -0.2) is 55.9 Å². The van der Waals surface area contributed by atoms with E-state index in [1.54, 1.807) is 0 Å². The molecule has 0 amide bonds. The summed E-state index contributed by atoms with van der Waals surface area (Å²) in [6.07, 6.45) is -3.49. The highest BCUT2D eigenvalue weighted by Gasteiger charge is 2.56. The highest BCUT2D eigenvalue weighted by molar-refractivity contribution is 5.78. The normalized spacial score (nSPS) is 45.1. The fourth-order valence-corrected chi connectivity index (χ4v) is 1.57. The van der Waals surface area contributed by atoms with Crippen LogP contribution in [0.4, 0.5) is 0 Å². The molecule has 1 aliphatic rings. The molecule has 0 aliphatic heterocycles. The number of carbonyl (C=O) groups is 1. The van der Waals surface area contributed by atoms with Crippen molar-refractivity contribution in [1.82, 2.24) is 0 Å². The van der Waals surface area contributed by atoms with Gasteiger partial charge in [0, 0.05) is 12.5 Å². The van der Waals surface area contributed by atoms with Crippen LogP contribution in [-0.2, 0) is 4.79 Å². The number of hydrogen-bond donors (Lipinski definition) is 5. The zero-order valence-corrected chi connectivity index (χ0v) is 6.79. The molecule has 76 valence electrons. The Kier molecular flexibility index (Phi) is 2.58. The van der Waals surface area contributed by atoms with Crippen molar-refractivity contribution in [3.05, 3.63) is 0 Å². The predicted octanol–water partition coefficient (Wildman–Crippen LogP) is -2.46. The summed E-state index contributed by atoms with van der Waals surface area (Å²) in [4.78, 5) is 10.5. The molecule has 1 aliphatic carbocycles. The predicted molar refractivity (Wildman–Crippen MR) is 39.8 cm³/mol. The minimum absolute atomic E-state index is 0.346. The van der Waals surface area contributed by atoms with Gasteiger partial charge in [-0.15, -0.1) is 0 Å². The first-order chi connectivity index (χ1) is 5.93. The molecule has 0 radical (unpaired) electrons. The van der Waals surface area contributed by atoms with Crippen LogP contribution in [0.2, 0.25) is 0 Å². The molecule has 0 unspecified atom stereocenters. The van der Waals surface area contributed by atoms with Crippen molar-refractivity contribution in [2.45, 2.75) is 24.2 Å². The van der Waals surface area contributed by atoms with Gasteiger partial charge in [0.15, 0.2) is 5.60 Å². The van der Waals surface area contributed by atoms with Crippen LogP contribution in [0.15, 0.2) is 0 Å². The number of aliphatic hydroxyl groups excluding tert-OH is 3. The average molecular weight is 192 g/mol. The molecular weight excluding hydrogens is 180 g/mol. The summed E-state index contributed by atoms with van der Waals surface area (Å²) in [5.41, 5.74) is -2.34. The molecule has 13 heavy (non-hydrogen) atoms. The van der Waals surface area contributed by atoms with Crippen LogP contribution in [0.3, 0.4) is 0 Å². The highest BCUT2D eigenvalue weighted by Crippen LogP contribution is 2.35. The number of rotatable bonds is 2. The molecule has 4 atom stereocenters. The van der Waals surface area contributed by atoms with Crippen molar-refractivity contribution >= 4 is 5.97 Å². The van der Waals surface area contributed by atoms with Crippen molar-refractivity contribution in [1.29, 1.82) is 0 Å². The average Bonchev–Trinajstić information content (AvgIpc) is 2.31. The van der Waals surface area contributed by atoms with Crippen molar-refractivity contribution in [2.24, 2.45) is 5.92 Å². The second-order valence-electron chi connectivity index (χ2n) is 3.31. The van der Waals surface area contributed by atoms with Crippen molar-refractivity contribution in [2.75, 3.05) is 6.61 Å². The van der Waals surface area contributed by atoms with E-state index in [1.807, 2.05) is 0 Å². The molecule has 0 heterocycles. The minimum Gasteiger partial charge on any atom is -0.479 e. The first-order valence-corrected chi connectivity index (χ1v) is 3.86. The van der Waals surface area contributed by atoms with E-state index in [4.69, 9.17) is 10.2 Å². The Morgan fingerprint density at radius 1 is 1.46 bits per heavy atom. The second-order valence-corrected chi connectivity index (χ2v) is 3.31. The molecule has 1 fully saturated rings. The monoisotopic (exact) mass is 192 g/mol. The SMILES string of the molecule is O=C(O)[C@@]1(O)C[C@H](CO)[C@@H](O)[C@@H]1O. The summed E-state index contributed by atoms with van der Waals surface area (Å²) in [7, 11) is 0. The topological polar surface area (TPSA) is 118 Å². The van der Waals surface area contributed by atoms with Gasteiger partial charge in [0.2, 0.25) is 0 Å². The lowest BCUT2D eigenvalue weighted by atomic mass is 9.99. The Balaban J connectivity index is 2.87. The fourth-order valence-electron chi connectivity index (χ4n) is 1.57. The number of hydrogen-bond acceptors (Lipinski definition) is 5. The van der Waals surface area contributed by atoms with Crippen LogP contribution in [0.1, 0.15) is 6.42 Å². The van der Waals surface area contributed by atoms with Crippen molar-refractivity contribution in [3.8, 4) is 0 Å².